The highest BCUT2D eigenvalue weighted by atomic mass is 16.2. The Morgan fingerprint density at radius 2 is 2.04 bits per heavy atom. The summed E-state index contributed by atoms with van der Waals surface area (Å²) in [7, 11) is 0. The summed E-state index contributed by atoms with van der Waals surface area (Å²) in [5.74, 6) is 0.219. The zero-order chi connectivity index (χ0) is 18.6. The largest absolute Gasteiger partial charge is 0.340 e. The van der Waals surface area contributed by atoms with Gasteiger partial charge in [-0.3, -0.25) is 14.3 Å². The van der Waals surface area contributed by atoms with E-state index in [1.165, 1.54) is 6.42 Å². The summed E-state index contributed by atoms with van der Waals surface area (Å²) in [4.78, 5) is 29.2. The number of carbonyl (C=O) groups is 2. The SMILES string of the molecule is O=C1c2ccccc2CN1CCC(=O)N1CCCC[C@H]1CCn1cccn1. The van der Waals surface area contributed by atoms with Gasteiger partial charge in [-0.25, -0.2) is 0 Å². The smallest absolute Gasteiger partial charge is 0.254 e. The van der Waals surface area contributed by atoms with Crippen molar-refractivity contribution in [3.63, 3.8) is 0 Å². The van der Waals surface area contributed by atoms with E-state index in [4.69, 9.17) is 0 Å². The number of amides is 2. The van der Waals surface area contributed by atoms with E-state index in [0.29, 0.717) is 19.5 Å². The van der Waals surface area contributed by atoms with Crippen LogP contribution in [0, 0.1) is 0 Å². The Morgan fingerprint density at radius 1 is 1.15 bits per heavy atom. The Morgan fingerprint density at radius 3 is 2.85 bits per heavy atom. The lowest BCUT2D eigenvalue weighted by molar-refractivity contribution is -0.135. The van der Waals surface area contributed by atoms with E-state index in [-0.39, 0.29) is 17.9 Å². The van der Waals surface area contributed by atoms with Crippen molar-refractivity contribution >= 4 is 11.8 Å². The van der Waals surface area contributed by atoms with Gasteiger partial charge in [0.25, 0.3) is 5.91 Å². The Hall–Kier alpha value is -2.63. The molecule has 4 rings (SSSR count). The lowest BCUT2D eigenvalue weighted by atomic mass is 9.99. The van der Waals surface area contributed by atoms with E-state index >= 15 is 0 Å². The van der Waals surface area contributed by atoms with Gasteiger partial charge in [-0.05, 0) is 43.4 Å². The van der Waals surface area contributed by atoms with Gasteiger partial charge in [0.15, 0.2) is 0 Å². The van der Waals surface area contributed by atoms with Crippen LogP contribution in [0.4, 0.5) is 0 Å². The number of hydrogen-bond acceptors (Lipinski definition) is 3. The quantitative estimate of drug-likeness (QED) is 0.790. The van der Waals surface area contributed by atoms with Crippen molar-refractivity contribution in [1.82, 2.24) is 19.6 Å². The van der Waals surface area contributed by atoms with Gasteiger partial charge in [0.1, 0.15) is 0 Å². The number of rotatable bonds is 6. The third-order valence-corrected chi connectivity index (χ3v) is 5.69. The highest BCUT2D eigenvalue weighted by Gasteiger charge is 2.30. The summed E-state index contributed by atoms with van der Waals surface area (Å²) >= 11 is 0. The van der Waals surface area contributed by atoms with Gasteiger partial charge in [-0.2, -0.15) is 5.10 Å². The maximum Gasteiger partial charge on any atom is 0.254 e. The van der Waals surface area contributed by atoms with E-state index in [9.17, 15) is 9.59 Å². The van der Waals surface area contributed by atoms with Crippen LogP contribution in [-0.2, 0) is 17.9 Å². The summed E-state index contributed by atoms with van der Waals surface area (Å²) in [6.07, 6.45) is 8.38. The Bertz CT molecular complexity index is 802. The fraction of sp³-hybridized carbons (Fsp3) is 0.476. The molecule has 0 unspecified atom stereocenters. The van der Waals surface area contributed by atoms with Crippen LogP contribution in [0.2, 0.25) is 0 Å². The van der Waals surface area contributed by atoms with Crippen LogP contribution in [0.15, 0.2) is 42.7 Å². The van der Waals surface area contributed by atoms with E-state index in [2.05, 4.69) is 5.10 Å². The molecule has 1 saturated heterocycles. The van der Waals surface area contributed by atoms with Crippen LogP contribution >= 0.6 is 0 Å². The van der Waals surface area contributed by atoms with Crippen molar-refractivity contribution in [2.24, 2.45) is 0 Å². The minimum Gasteiger partial charge on any atom is -0.340 e. The molecule has 1 aromatic carbocycles. The van der Waals surface area contributed by atoms with Crippen molar-refractivity contribution < 1.29 is 9.59 Å². The summed E-state index contributed by atoms with van der Waals surface area (Å²) in [6, 6.07) is 9.92. The molecule has 2 aliphatic rings. The first-order chi connectivity index (χ1) is 13.2. The molecule has 6 nitrogen and oxygen atoms in total. The normalized spacial score (nSPS) is 19.4. The molecule has 2 amide bonds. The number of benzene rings is 1. The fourth-order valence-corrected chi connectivity index (χ4v) is 4.21. The molecule has 27 heavy (non-hydrogen) atoms. The second-order valence-electron chi connectivity index (χ2n) is 7.43. The average molecular weight is 366 g/mol. The van der Waals surface area contributed by atoms with Gasteiger partial charge in [-0.1, -0.05) is 18.2 Å². The van der Waals surface area contributed by atoms with Crippen molar-refractivity contribution in [3.8, 4) is 0 Å². The standard InChI is InChI=1S/C21H26N4O2/c26-20(10-14-23-16-17-6-1-2-8-19(17)21(23)27)25-13-4-3-7-18(25)9-15-24-12-5-11-22-24/h1-2,5-6,8,11-12,18H,3-4,7,9-10,13-16H2/t18-/m0/s1. The van der Waals surface area contributed by atoms with Crippen molar-refractivity contribution in [3.05, 3.63) is 53.9 Å². The number of piperidine rings is 1. The Labute approximate surface area is 159 Å². The summed E-state index contributed by atoms with van der Waals surface area (Å²) in [5, 5.41) is 4.26. The third kappa shape index (κ3) is 3.89. The van der Waals surface area contributed by atoms with E-state index in [0.717, 1.165) is 43.5 Å². The first-order valence-corrected chi connectivity index (χ1v) is 9.86. The van der Waals surface area contributed by atoms with E-state index in [1.807, 2.05) is 46.1 Å². The van der Waals surface area contributed by atoms with Crippen LogP contribution in [0.5, 0.6) is 0 Å². The van der Waals surface area contributed by atoms with Crippen molar-refractivity contribution in [2.75, 3.05) is 13.1 Å². The third-order valence-electron chi connectivity index (χ3n) is 5.69. The van der Waals surface area contributed by atoms with E-state index in [1.54, 1.807) is 11.1 Å². The van der Waals surface area contributed by atoms with Crippen molar-refractivity contribution in [1.29, 1.82) is 0 Å². The molecule has 1 fully saturated rings. The topological polar surface area (TPSA) is 58.4 Å². The van der Waals surface area contributed by atoms with Crippen LogP contribution in [0.1, 0.15) is 48.0 Å². The monoisotopic (exact) mass is 366 g/mol. The number of hydrogen-bond donors (Lipinski definition) is 0. The van der Waals surface area contributed by atoms with Crippen molar-refractivity contribution in [2.45, 2.75) is 51.2 Å². The molecule has 1 atom stereocenters. The minimum absolute atomic E-state index is 0.0484. The molecule has 0 N–H and O–H groups in total. The second-order valence-corrected chi connectivity index (χ2v) is 7.43. The molecule has 1 aromatic heterocycles. The highest BCUT2D eigenvalue weighted by molar-refractivity contribution is 5.98. The molecule has 0 radical (unpaired) electrons. The molecule has 0 aliphatic carbocycles. The van der Waals surface area contributed by atoms with Gasteiger partial charge in [-0.15, -0.1) is 0 Å². The second kappa shape index (κ2) is 7.94. The maximum atomic E-state index is 12.9. The molecule has 142 valence electrons. The van der Waals surface area contributed by atoms with Gasteiger partial charge >= 0.3 is 0 Å². The van der Waals surface area contributed by atoms with Crippen LogP contribution in [-0.4, -0.2) is 50.5 Å². The molecule has 0 saturated carbocycles. The zero-order valence-corrected chi connectivity index (χ0v) is 15.6. The van der Waals surface area contributed by atoms with Crippen LogP contribution < -0.4 is 0 Å². The maximum absolute atomic E-state index is 12.9. The van der Waals surface area contributed by atoms with Crippen LogP contribution in [0.25, 0.3) is 0 Å². The molecular formula is C21H26N4O2. The number of likely N-dealkylation sites (tertiary alicyclic amines) is 1. The molecule has 2 aromatic rings. The van der Waals surface area contributed by atoms with E-state index < -0.39 is 0 Å². The number of aryl methyl sites for hydroxylation is 1. The van der Waals surface area contributed by atoms with Gasteiger partial charge in [0, 0.05) is 56.6 Å². The van der Waals surface area contributed by atoms with Gasteiger partial charge in [0.05, 0.1) is 0 Å². The number of fused-ring (bicyclic) bond motifs is 1. The molecule has 6 heteroatoms. The molecule has 0 spiro atoms. The summed E-state index contributed by atoms with van der Waals surface area (Å²) < 4.78 is 1.93. The van der Waals surface area contributed by atoms with Gasteiger partial charge < -0.3 is 9.80 Å². The highest BCUT2D eigenvalue weighted by Crippen LogP contribution is 2.24. The predicted octanol–water partition coefficient (Wildman–Crippen LogP) is 2.70. The lowest BCUT2D eigenvalue weighted by Crippen LogP contribution is -2.45. The summed E-state index contributed by atoms with van der Waals surface area (Å²) in [6.45, 7) is 2.78. The molecular weight excluding hydrogens is 340 g/mol. The number of carbonyl (C=O) groups excluding carboxylic acids is 2. The number of nitrogens with zero attached hydrogens (tertiary/aromatic N) is 4. The molecule has 2 aliphatic heterocycles. The first kappa shape index (κ1) is 17.8. The summed E-state index contributed by atoms with van der Waals surface area (Å²) in [5.41, 5.74) is 1.84. The predicted molar refractivity (Wildman–Crippen MR) is 102 cm³/mol. The zero-order valence-electron chi connectivity index (χ0n) is 15.6. The number of aromatic nitrogens is 2. The lowest BCUT2D eigenvalue weighted by Gasteiger charge is -2.36. The first-order valence-electron chi connectivity index (χ1n) is 9.86. The molecule has 0 bridgehead atoms. The average Bonchev–Trinajstić information content (AvgIpc) is 3.33. The Balaban J connectivity index is 1.32. The van der Waals surface area contributed by atoms with Crippen LogP contribution in [0.3, 0.4) is 0 Å². The van der Waals surface area contributed by atoms with Gasteiger partial charge in [0.2, 0.25) is 5.91 Å². The molecule has 3 heterocycles. The fourth-order valence-electron chi connectivity index (χ4n) is 4.21. The Kier molecular flexibility index (Phi) is 5.23. The minimum atomic E-state index is 0.0484.